The van der Waals surface area contributed by atoms with Crippen molar-refractivity contribution in [1.29, 1.82) is 0 Å². The maximum Gasteiger partial charge on any atom is 0.227 e. The molecule has 1 saturated heterocycles. The van der Waals surface area contributed by atoms with E-state index in [1.54, 1.807) is 16.8 Å². The molecule has 1 aliphatic rings. The number of carbonyl (C=O) groups excluding carboxylic acids is 1. The van der Waals surface area contributed by atoms with E-state index in [4.69, 9.17) is 28.9 Å². The van der Waals surface area contributed by atoms with Crippen LogP contribution in [0.1, 0.15) is 29.8 Å². The van der Waals surface area contributed by atoms with Gasteiger partial charge in [0.05, 0.1) is 22.8 Å². The molecule has 1 unspecified atom stereocenters. The second-order valence-electron chi connectivity index (χ2n) is 6.45. The average molecular weight is 418 g/mol. The van der Waals surface area contributed by atoms with Crippen LogP contribution in [0.4, 0.5) is 0 Å². The fourth-order valence-electron chi connectivity index (χ4n) is 3.48. The first-order valence-electron chi connectivity index (χ1n) is 8.42. The van der Waals surface area contributed by atoms with Gasteiger partial charge in [-0.3, -0.25) is 4.79 Å². The van der Waals surface area contributed by atoms with Gasteiger partial charge >= 0.3 is 0 Å². The van der Waals surface area contributed by atoms with Crippen molar-refractivity contribution in [2.24, 2.45) is 5.73 Å². The molecule has 8 heteroatoms. The summed E-state index contributed by atoms with van der Waals surface area (Å²) in [6.45, 7) is 5.18. The lowest BCUT2D eigenvalue weighted by Crippen LogP contribution is -2.40. The summed E-state index contributed by atoms with van der Waals surface area (Å²) < 4.78 is 1.78. The van der Waals surface area contributed by atoms with Gasteiger partial charge in [0, 0.05) is 35.4 Å². The van der Waals surface area contributed by atoms with Crippen LogP contribution in [0.25, 0.3) is 5.69 Å². The topological polar surface area (TPSA) is 64.2 Å². The van der Waals surface area contributed by atoms with Gasteiger partial charge in [-0.25, -0.2) is 4.68 Å². The van der Waals surface area contributed by atoms with E-state index in [-0.39, 0.29) is 24.4 Å². The zero-order chi connectivity index (χ0) is 18.1. The molecule has 0 aliphatic carbocycles. The predicted octanol–water partition coefficient (Wildman–Crippen LogP) is 3.71. The molecule has 142 valence electrons. The van der Waals surface area contributed by atoms with E-state index < -0.39 is 0 Å². The van der Waals surface area contributed by atoms with Gasteiger partial charge in [-0.05, 0) is 44.9 Å². The van der Waals surface area contributed by atoms with Crippen molar-refractivity contribution < 1.29 is 4.79 Å². The van der Waals surface area contributed by atoms with Gasteiger partial charge in [0.15, 0.2) is 0 Å². The molecule has 3 rings (SSSR count). The summed E-state index contributed by atoms with van der Waals surface area (Å²) in [5, 5.41) is 5.69. The van der Waals surface area contributed by atoms with Crippen LogP contribution in [0.3, 0.4) is 0 Å². The Morgan fingerprint density at radius 1 is 1.35 bits per heavy atom. The van der Waals surface area contributed by atoms with Gasteiger partial charge < -0.3 is 10.6 Å². The minimum Gasteiger partial charge on any atom is -0.338 e. The SMILES string of the molecule is Cc1nn(-c2ccc(Cl)cc2Cl)c(C)c1CC(=O)N1CCCC1CN.Cl. The lowest BCUT2D eigenvalue weighted by molar-refractivity contribution is -0.131. The van der Waals surface area contributed by atoms with E-state index in [2.05, 4.69) is 5.10 Å². The fraction of sp³-hybridized carbons (Fsp3) is 0.444. The standard InChI is InChI=1S/C18H22Cl2N4O.ClH/c1-11-15(9-18(25)23-7-3-4-14(23)10-21)12(2)24(22-11)17-6-5-13(19)8-16(17)20;/h5-6,8,14H,3-4,7,9-10,21H2,1-2H3;1H. The molecule has 2 N–H and O–H groups in total. The molecule has 2 heterocycles. The Morgan fingerprint density at radius 3 is 2.73 bits per heavy atom. The molecule has 0 bridgehead atoms. The number of hydrogen-bond donors (Lipinski definition) is 1. The third-order valence-corrected chi connectivity index (χ3v) is 5.41. The molecule has 1 atom stereocenters. The first-order valence-corrected chi connectivity index (χ1v) is 9.18. The van der Waals surface area contributed by atoms with E-state index in [9.17, 15) is 4.79 Å². The van der Waals surface area contributed by atoms with Gasteiger partial charge in [0.2, 0.25) is 5.91 Å². The number of halogens is 3. The molecule has 0 radical (unpaired) electrons. The molecule has 2 aromatic rings. The Morgan fingerprint density at radius 2 is 2.08 bits per heavy atom. The van der Waals surface area contributed by atoms with E-state index >= 15 is 0 Å². The monoisotopic (exact) mass is 416 g/mol. The summed E-state index contributed by atoms with van der Waals surface area (Å²) in [6, 6.07) is 5.46. The van der Waals surface area contributed by atoms with E-state index in [0.717, 1.165) is 42.0 Å². The molecule has 0 spiro atoms. The number of hydrogen-bond acceptors (Lipinski definition) is 3. The van der Waals surface area contributed by atoms with Gasteiger partial charge in [0.25, 0.3) is 0 Å². The van der Waals surface area contributed by atoms with Crippen molar-refractivity contribution >= 4 is 41.5 Å². The summed E-state index contributed by atoms with van der Waals surface area (Å²) in [5.74, 6) is 0.112. The van der Waals surface area contributed by atoms with Crippen molar-refractivity contribution in [2.45, 2.75) is 39.2 Å². The quantitative estimate of drug-likeness (QED) is 0.825. The van der Waals surface area contributed by atoms with Crippen LogP contribution in [0, 0.1) is 13.8 Å². The third-order valence-electron chi connectivity index (χ3n) is 4.88. The predicted molar refractivity (Wildman–Crippen MR) is 108 cm³/mol. The molecule has 1 aromatic carbocycles. The smallest absolute Gasteiger partial charge is 0.227 e. The summed E-state index contributed by atoms with van der Waals surface area (Å²) >= 11 is 12.3. The minimum absolute atomic E-state index is 0. The van der Waals surface area contributed by atoms with Gasteiger partial charge in [-0.15, -0.1) is 12.4 Å². The number of amides is 1. The fourth-order valence-corrected chi connectivity index (χ4v) is 3.97. The summed E-state index contributed by atoms with van der Waals surface area (Å²) in [6.07, 6.45) is 2.34. The Hall–Kier alpha value is -1.27. The van der Waals surface area contributed by atoms with Crippen LogP contribution in [0.5, 0.6) is 0 Å². The van der Waals surface area contributed by atoms with Crippen molar-refractivity contribution in [3.05, 3.63) is 45.2 Å². The first kappa shape index (κ1) is 21.0. The van der Waals surface area contributed by atoms with Gasteiger partial charge in [-0.2, -0.15) is 5.10 Å². The lowest BCUT2D eigenvalue weighted by atomic mass is 10.1. The summed E-state index contributed by atoms with van der Waals surface area (Å²) in [4.78, 5) is 14.6. The minimum atomic E-state index is 0. The normalized spacial score (nSPS) is 16.7. The Bertz CT molecular complexity index is 806. The van der Waals surface area contributed by atoms with Crippen LogP contribution >= 0.6 is 35.6 Å². The van der Waals surface area contributed by atoms with Crippen molar-refractivity contribution in [3.8, 4) is 5.69 Å². The highest BCUT2D eigenvalue weighted by atomic mass is 35.5. The lowest BCUT2D eigenvalue weighted by Gasteiger charge is -2.23. The second-order valence-corrected chi connectivity index (χ2v) is 7.30. The van der Waals surface area contributed by atoms with Crippen LogP contribution in [-0.2, 0) is 11.2 Å². The summed E-state index contributed by atoms with van der Waals surface area (Å²) in [5.41, 5.74) is 9.24. The number of rotatable bonds is 4. The molecule has 26 heavy (non-hydrogen) atoms. The second kappa shape index (κ2) is 8.61. The number of aromatic nitrogens is 2. The molecule has 1 amide bonds. The number of likely N-dealkylation sites (tertiary alicyclic amines) is 1. The van der Waals surface area contributed by atoms with Gasteiger partial charge in [-0.1, -0.05) is 23.2 Å². The number of benzene rings is 1. The van der Waals surface area contributed by atoms with Crippen LogP contribution in [-0.4, -0.2) is 39.7 Å². The Balaban J connectivity index is 0.00000243. The zero-order valence-electron chi connectivity index (χ0n) is 14.8. The molecule has 1 fully saturated rings. The molecule has 1 aliphatic heterocycles. The number of carbonyl (C=O) groups is 1. The van der Waals surface area contributed by atoms with E-state index in [1.807, 2.05) is 24.8 Å². The number of nitrogens with zero attached hydrogens (tertiary/aromatic N) is 3. The van der Waals surface area contributed by atoms with Crippen LogP contribution < -0.4 is 5.73 Å². The highest BCUT2D eigenvalue weighted by Gasteiger charge is 2.28. The first-order chi connectivity index (χ1) is 11.9. The molecule has 1 aromatic heterocycles. The van der Waals surface area contributed by atoms with Crippen molar-refractivity contribution in [2.75, 3.05) is 13.1 Å². The molecular formula is C18H23Cl3N4O. The van der Waals surface area contributed by atoms with Crippen molar-refractivity contribution in [1.82, 2.24) is 14.7 Å². The maximum atomic E-state index is 12.7. The summed E-state index contributed by atoms with van der Waals surface area (Å²) in [7, 11) is 0. The molecule has 5 nitrogen and oxygen atoms in total. The van der Waals surface area contributed by atoms with Gasteiger partial charge in [0.1, 0.15) is 0 Å². The van der Waals surface area contributed by atoms with E-state index in [0.29, 0.717) is 23.0 Å². The number of nitrogens with two attached hydrogens (primary N) is 1. The Labute approximate surface area is 169 Å². The van der Waals surface area contributed by atoms with Crippen LogP contribution in [0.15, 0.2) is 18.2 Å². The Kier molecular flexibility index (Phi) is 6.97. The third kappa shape index (κ3) is 4.01. The average Bonchev–Trinajstić information content (AvgIpc) is 3.15. The van der Waals surface area contributed by atoms with Crippen molar-refractivity contribution in [3.63, 3.8) is 0 Å². The number of aryl methyl sites for hydroxylation is 1. The maximum absolute atomic E-state index is 12.7. The highest BCUT2D eigenvalue weighted by molar-refractivity contribution is 6.35. The molecular weight excluding hydrogens is 395 g/mol. The largest absolute Gasteiger partial charge is 0.338 e. The highest BCUT2D eigenvalue weighted by Crippen LogP contribution is 2.27. The molecule has 0 saturated carbocycles. The zero-order valence-corrected chi connectivity index (χ0v) is 17.2. The van der Waals surface area contributed by atoms with E-state index in [1.165, 1.54) is 0 Å². The van der Waals surface area contributed by atoms with Crippen LogP contribution in [0.2, 0.25) is 10.0 Å².